The maximum absolute atomic E-state index is 12.8. The number of carbonyl (C=O) groups is 1. The van der Waals surface area contributed by atoms with E-state index in [9.17, 15) is 4.79 Å². The second-order valence-corrected chi connectivity index (χ2v) is 6.91. The fourth-order valence-corrected chi connectivity index (χ4v) is 3.06. The van der Waals surface area contributed by atoms with Gasteiger partial charge in [0, 0.05) is 12.6 Å². The highest BCUT2D eigenvalue weighted by molar-refractivity contribution is 5.94. The van der Waals surface area contributed by atoms with Crippen molar-refractivity contribution in [3.63, 3.8) is 0 Å². The number of amides is 1. The maximum atomic E-state index is 12.8. The van der Waals surface area contributed by atoms with E-state index in [1.165, 1.54) is 12.8 Å². The van der Waals surface area contributed by atoms with Crippen LogP contribution in [0, 0.1) is 13.8 Å². The molecule has 5 heteroatoms. The number of nitrogens with zero attached hydrogens (tertiary/aromatic N) is 2. The average molecular weight is 365 g/mol. The predicted molar refractivity (Wildman–Crippen MR) is 107 cm³/mol. The van der Waals surface area contributed by atoms with Crippen molar-refractivity contribution in [3.8, 4) is 17.1 Å². The Kier molecular flexibility index (Phi) is 6.12. The molecule has 2 heterocycles. The highest BCUT2D eigenvalue weighted by Crippen LogP contribution is 2.24. The van der Waals surface area contributed by atoms with Crippen LogP contribution in [-0.4, -0.2) is 22.2 Å². The smallest absolute Gasteiger partial charge is 0.270 e. The lowest BCUT2D eigenvalue weighted by Crippen LogP contribution is -2.27. The van der Waals surface area contributed by atoms with E-state index in [2.05, 4.69) is 23.4 Å². The number of aromatic nitrogens is 2. The number of benzene rings is 1. The van der Waals surface area contributed by atoms with Crippen LogP contribution < -0.4 is 5.32 Å². The van der Waals surface area contributed by atoms with Crippen LogP contribution in [0.15, 0.2) is 47.1 Å². The van der Waals surface area contributed by atoms with E-state index in [1.54, 1.807) is 17.0 Å². The molecule has 3 rings (SSSR count). The molecule has 0 aliphatic carbocycles. The van der Waals surface area contributed by atoms with Gasteiger partial charge in [-0.25, -0.2) is 4.68 Å². The average Bonchev–Trinajstić information content (AvgIpc) is 3.32. The summed E-state index contributed by atoms with van der Waals surface area (Å²) in [6.45, 7) is 6.91. The number of nitrogens with one attached hydrogen (secondary N) is 1. The number of furan rings is 1. The molecule has 0 spiro atoms. The fraction of sp³-hybridized carbons (Fsp3) is 0.364. The van der Waals surface area contributed by atoms with Crippen molar-refractivity contribution in [2.45, 2.75) is 46.5 Å². The van der Waals surface area contributed by atoms with Crippen molar-refractivity contribution < 1.29 is 9.21 Å². The van der Waals surface area contributed by atoms with Crippen LogP contribution in [0.5, 0.6) is 0 Å². The Bertz CT molecular complexity index is 894. The molecule has 2 aromatic heterocycles. The van der Waals surface area contributed by atoms with Gasteiger partial charge in [0.15, 0.2) is 5.76 Å². The Morgan fingerprint density at radius 3 is 2.74 bits per heavy atom. The molecule has 27 heavy (non-hydrogen) atoms. The number of hydrogen-bond donors (Lipinski definition) is 1. The van der Waals surface area contributed by atoms with Gasteiger partial charge in [-0.15, -0.1) is 0 Å². The quantitative estimate of drug-likeness (QED) is 0.568. The summed E-state index contributed by atoms with van der Waals surface area (Å²) < 4.78 is 7.20. The van der Waals surface area contributed by atoms with Crippen LogP contribution in [0.2, 0.25) is 0 Å². The standard InChI is InChI=1S/C22H27N3O2/c1-4-5-6-7-12-23-22(26)20-15-18(21-9-8-13-27-21)24-25(20)19-14-16(2)10-11-17(19)3/h8-11,13-15H,4-7,12H2,1-3H3,(H,23,26). The summed E-state index contributed by atoms with van der Waals surface area (Å²) in [5.74, 6) is 0.536. The summed E-state index contributed by atoms with van der Waals surface area (Å²) in [4.78, 5) is 12.8. The lowest BCUT2D eigenvalue weighted by Gasteiger charge is -2.11. The zero-order valence-electron chi connectivity index (χ0n) is 16.3. The molecule has 1 amide bonds. The summed E-state index contributed by atoms with van der Waals surface area (Å²) in [7, 11) is 0. The number of rotatable bonds is 8. The summed E-state index contributed by atoms with van der Waals surface area (Å²) in [6, 6.07) is 11.6. The largest absolute Gasteiger partial charge is 0.463 e. The van der Waals surface area contributed by atoms with E-state index < -0.39 is 0 Å². The SMILES string of the molecule is CCCCCCNC(=O)c1cc(-c2ccco2)nn1-c1cc(C)ccc1C. The predicted octanol–water partition coefficient (Wildman–Crippen LogP) is 5.06. The minimum Gasteiger partial charge on any atom is -0.463 e. The third-order valence-corrected chi connectivity index (χ3v) is 4.62. The lowest BCUT2D eigenvalue weighted by molar-refractivity contribution is 0.0945. The third-order valence-electron chi connectivity index (χ3n) is 4.62. The first kappa shape index (κ1) is 19.0. The summed E-state index contributed by atoms with van der Waals surface area (Å²) in [5, 5.41) is 7.70. The number of carbonyl (C=O) groups excluding carboxylic acids is 1. The van der Waals surface area contributed by atoms with Crippen LogP contribution in [0.25, 0.3) is 17.1 Å². The van der Waals surface area contributed by atoms with E-state index in [-0.39, 0.29) is 5.91 Å². The molecular formula is C22H27N3O2. The summed E-state index contributed by atoms with van der Waals surface area (Å²) >= 11 is 0. The number of hydrogen-bond acceptors (Lipinski definition) is 3. The Morgan fingerprint density at radius 1 is 1.15 bits per heavy atom. The van der Waals surface area contributed by atoms with Gasteiger partial charge in [0.2, 0.25) is 0 Å². The molecule has 1 aromatic carbocycles. The van der Waals surface area contributed by atoms with E-state index in [0.29, 0.717) is 23.7 Å². The third kappa shape index (κ3) is 4.48. The number of aryl methyl sites for hydroxylation is 2. The first-order valence-corrected chi connectivity index (χ1v) is 9.60. The molecule has 0 saturated heterocycles. The molecule has 0 radical (unpaired) electrons. The van der Waals surface area contributed by atoms with Gasteiger partial charge < -0.3 is 9.73 Å². The minimum absolute atomic E-state index is 0.113. The van der Waals surface area contributed by atoms with Crippen LogP contribution in [0.4, 0.5) is 0 Å². The van der Waals surface area contributed by atoms with Crippen molar-refractivity contribution >= 4 is 5.91 Å². The van der Waals surface area contributed by atoms with Crippen LogP contribution in [0.3, 0.4) is 0 Å². The van der Waals surface area contributed by atoms with E-state index in [4.69, 9.17) is 4.42 Å². The van der Waals surface area contributed by atoms with Crippen LogP contribution >= 0.6 is 0 Å². The first-order valence-electron chi connectivity index (χ1n) is 9.60. The Labute approximate surface area is 160 Å². The Balaban J connectivity index is 1.91. The molecule has 0 atom stereocenters. The van der Waals surface area contributed by atoms with Gasteiger partial charge in [-0.05, 0) is 49.6 Å². The van der Waals surface area contributed by atoms with Crippen LogP contribution in [-0.2, 0) is 0 Å². The Hall–Kier alpha value is -2.82. The molecule has 0 fully saturated rings. The second-order valence-electron chi connectivity index (χ2n) is 6.91. The molecule has 0 aliphatic rings. The van der Waals surface area contributed by atoms with Gasteiger partial charge in [-0.3, -0.25) is 4.79 Å². The zero-order chi connectivity index (χ0) is 19.2. The molecule has 3 aromatic rings. The monoisotopic (exact) mass is 365 g/mol. The Morgan fingerprint density at radius 2 is 2.00 bits per heavy atom. The first-order chi connectivity index (χ1) is 13.1. The van der Waals surface area contributed by atoms with Gasteiger partial charge in [0.05, 0.1) is 12.0 Å². The van der Waals surface area contributed by atoms with Gasteiger partial charge in [0.25, 0.3) is 5.91 Å². The molecule has 5 nitrogen and oxygen atoms in total. The zero-order valence-corrected chi connectivity index (χ0v) is 16.3. The normalized spacial score (nSPS) is 10.9. The fourth-order valence-electron chi connectivity index (χ4n) is 3.06. The molecule has 1 N–H and O–H groups in total. The highest BCUT2D eigenvalue weighted by Gasteiger charge is 2.19. The lowest BCUT2D eigenvalue weighted by atomic mass is 10.1. The molecule has 0 aliphatic heterocycles. The summed E-state index contributed by atoms with van der Waals surface area (Å²) in [6.07, 6.45) is 6.10. The van der Waals surface area contributed by atoms with Crippen molar-refractivity contribution in [1.82, 2.24) is 15.1 Å². The van der Waals surface area contributed by atoms with Gasteiger partial charge >= 0.3 is 0 Å². The van der Waals surface area contributed by atoms with E-state index in [1.807, 2.05) is 38.1 Å². The molecule has 0 unspecified atom stereocenters. The van der Waals surface area contributed by atoms with Crippen molar-refractivity contribution in [1.29, 1.82) is 0 Å². The summed E-state index contributed by atoms with van der Waals surface area (Å²) in [5.41, 5.74) is 4.26. The topological polar surface area (TPSA) is 60.1 Å². The molecular weight excluding hydrogens is 338 g/mol. The number of unbranched alkanes of at least 4 members (excludes halogenated alkanes) is 3. The minimum atomic E-state index is -0.113. The van der Waals surface area contributed by atoms with E-state index in [0.717, 1.165) is 29.7 Å². The van der Waals surface area contributed by atoms with Gasteiger partial charge in [0.1, 0.15) is 11.4 Å². The maximum Gasteiger partial charge on any atom is 0.270 e. The van der Waals surface area contributed by atoms with Crippen molar-refractivity contribution in [2.75, 3.05) is 6.54 Å². The molecule has 0 saturated carbocycles. The van der Waals surface area contributed by atoms with E-state index >= 15 is 0 Å². The van der Waals surface area contributed by atoms with Crippen molar-refractivity contribution in [2.24, 2.45) is 0 Å². The van der Waals surface area contributed by atoms with Gasteiger partial charge in [-0.1, -0.05) is 38.3 Å². The molecule has 0 bridgehead atoms. The van der Waals surface area contributed by atoms with Crippen molar-refractivity contribution in [3.05, 3.63) is 59.5 Å². The van der Waals surface area contributed by atoms with Crippen LogP contribution in [0.1, 0.15) is 54.2 Å². The van der Waals surface area contributed by atoms with Gasteiger partial charge in [-0.2, -0.15) is 5.10 Å². The molecule has 142 valence electrons. The highest BCUT2D eigenvalue weighted by atomic mass is 16.3. The second kappa shape index (κ2) is 8.71.